The van der Waals surface area contributed by atoms with Gasteiger partial charge in [0.05, 0.1) is 35.1 Å². The molecular formula is C12H15ClN2O. The Morgan fingerprint density at radius 2 is 2.25 bits per heavy atom. The van der Waals surface area contributed by atoms with Crippen molar-refractivity contribution in [3.63, 3.8) is 0 Å². The summed E-state index contributed by atoms with van der Waals surface area (Å²) < 4.78 is 5.39. The summed E-state index contributed by atoms with van der Waals surface area (Å²) in [6.07, 6.45) is 0.225. The van der Waals surface area contributed by atoms with E-state index < -0.39 is 0 Å². The highest BCUT2D eigenvalue weighted by Crippen LogP contribution is 2.22. The van der Waals surface area contributed by atoms with E-state index in [9.17, 15) is 0 Å². The first kappa shape index (κ1) is 12.8. The number of rotatable bonds is 5. The number of nitriles is 1. The Kier molecular flexibility index (Phi) is 5.10. The molecule has 1 aromatic rings. The van der Waals surface area contributed by atoms with E-state index in [1.54, 1.807) is 18.2 Å². The van der Waals surface area contributed by atoms with Crippen LogP contribution in [0, 0.1) is 11.3 Å². The average molecular weight is 239 g/mol. The third kappa shape index (κ3) is 4.09. The molecule has 0 spiro atoms. The molecule has 0 aromatic heterocycles. The topological polar surface area (TPSA) is 45.0 Å². The van der Waals surface area contributed by atoms with E-state index in [1.165, 1.54) is 0 Å². The molecule has 0 saturated carbocycles. The first-order valence-electron chi connectivity index (χ1n) is 5.18. The van der Waals surface area contributed by atoms with Crippen LogP contribution >= 0.6 is 11.6 Å². The van der Waals surface area contributed by atoms with E-state index in [2.05, 4.69) is 11.4 Å². The Morgan fingerprint density at radius 1 is 1.50 bits per heavy atom. The van der Waals surface area contributed by atoms with Gasteiger partial charge in [0.1, 0.15) is 0 Å². The molecule has 0 saturated heterocycles. The summed E-state index contributed by atoms with van der Waals surface area (Å²) in [5, 5.41) is 12.5. The van der Waals surface area contributed by atoms with Crippen LogP contribution in [0.1, 0.15) is 19.4 Å². The predicted molar refractivity (Wildman–Crippen MR) is 65.7 cm³/mol. The van der Waals surface area contributed by atoms with E-state index >= 15 is 0 Å². The van der Waals surface area contributed by atoms with Crippen LogP contribution in [0.5, 0.6) is 0 Å². The number of halogens is 1. The summed E-state index contributed by atoms with van der Waals surface area (Å²) in [6.45, 7) is 5.27. The van der Waals surface area contributed by atoms with E-state index in [0.717, 1.165) is 5.69 Å². The predicted octanol–water partition coefficient (Wildman–Crippen LogP) is 3.05. The fraction of sp³-hybridized carbons (Fsp3) is 0.417. The van der Waals surface area contributed by atoms with Gasteiger partial charge in [-0.15, -0.1) is 0 Å². The second-order valence-electron chi connectivity index (χ2n) is 3.65. The molecule has 16 heavy (non-hydrogen) atoms. The molecule has 4 heteroatoms. The van der Waals surface area contributed by atoms with Crippen molar-refractivity contribution < 1.29 is 4.74 Å². The summed E-state index contributed by atoms with van der Waals surface area (Å²) >= 11 is 5.98. The minimum Gasteiger partial charge on any atom is -0.381 e. The lowest BCUT2D eigenvalue weighted by atomic mass is 10.2. The SMILES string of the molecule is CC(C)OCCNc1cc(C#N)ccc1Cl. The molecule has 0 aliphatic heterocycles. The van der Waals surface area contributed by atoms with Crippen molar-refractivity contribution in [1.82, 2.24) is 0 Å². The standard InChI is InChI=1S/C12H15ClN2O/c1-9(2)16-6-5-15-12-7-10(8-14)3-4-11(12)13/h3-4,7,9,15H,5-6H2,1-2H3. The quantitative estimate of drug-likeness (QED) is 0.802. The fourth-order valence-corrected chi connectivity index (χ4v) is 1.39. The summed E-state index contributed by atoms with van der Waals surface area (Å²) in [6, 6.07) is 7.21. The van der Waals surface area contributed by atoms with Crippen molar-refractivity contribution in [3.05, 3.63) is 28.8 Å². The lowest BCUT2D eigenvalue weighted by Gasteiger charge is -2.10. The minimum atomic E-state index is 0.225. The van der Waals surface area contributed by atoms with Crippen LogP contribution in [0.15, 0.2) is 18.2 Å². The Labute approximate surface area is 101 Å². The number of hydrogen-bond acceptors (Lipinski definition) is 3. The van der Waals surface area contributed by atoms with E-state index in [1.807, 2.05) is 13.8 Å². The number of nitrogens with zero attached hydrogens (tertiary/aromatic N) is 1. The lowest BCUT2D eigenvalue weighted by Crippen LogP contribution is -2.13. The third-order valence-electron chi connectivity index (χ3n) is 1.96. The number of nitrogens with one attached hydrogen (secondary N) is 1. The first-order valence-corrected chi connectivity index (χ1v) is 5.56. The molecule has 0 aliphatic rings. The van der Waals surface area contributed by atoms with E-state index in [-0.39, 0.29) is 6.10 Å². The summed E-state index contributed by atoms with van der Waals surface area (Å²) in [5.74, 6) is 0. The van der Waals surface area contributed by atoms with Gasteiger partial charge in [0.2, 0.25) is 0 Å². The number of anilines is 1. The zero-order valence-electron chi connectivity index (χ0n) is 9.46. The maximum atomic E-state index is 8.75. The van der Waals surface area contributed by atoms with Gasteiger partial charge in [0.15, 0.2) is 0 Å². The van der Waals surface area contributed by atoms with E-state index in [0.29, 0.717) is 23.7 Å². The average Bonchev–Trinajstić information content (AvgIpc) is 2.26. The smallest absolute Gasteiger partial charge is 0.0992 e. The van der Waals surface area contributed by atoms with Crippen molar-refractivity contribution in [2.45, 2.75) is 20.0 Å². The molecule has 3 nitrogen and oxygen atoms in total. The third-order valence-corrected chi connectivity index (χ3v) is 2.29. The van der Waals surface area contributed by atoms with Gasteiger partial charge in [0, 0.05) is 6.54 Å². The Hall–Kier alpha value is -1.24. The van der Waals surface area contributed by atoms with Crippen molar-refractivity contribution in [1.29, 1.82) is 5.26 Å². The summed E-state index contributed by atoms with van der Waals surface area (Å²) in [5.41, 5.74) is 1.37. The van der Waals surface area contributed by atoms with Crippen LogP contribution in [-0.2, 0) is 4.74 Å². The summed E-state index contributed by atoms with van der Waals surface area (Å²) in [4.78, 5) is 0. The Morgan fingerprint density at radius 3 is 2.88 bits per heavy atom. The second-order valence-corrected chi connectivity index (χ2v) is 4.06. The molecule has 0 amide bonds. The molecule has 1 rings (SSSR count). The lowest BCUT2D eigenvalue weighted by molar-refractivity contribution is 0.0870. The van der Waals surface area contributed by atoms with Crippen LogP contribution in [0.2, 0.25) is 5.02 Å². The number of benzene rings is 1. The zero-order valence-corrected chi connectivity index (χ0v) is 10.2. The van der Waals surface area contributed by atoms with E-state index in [4.69, 9.17) is 21.6 Å². The van der Waals surface area contributed by atoms with Gasteiger partial charge in [-0.05, 0) is 32.0 Å². The molecule has 86 valence electrons. The molecule has 0 heterocycles. The van der Waals surface area contributed by atoms with Crippen molar-refractivity contribution in [3.8, 4) is 6.07 Å². The maximum absolute atomic E-state index is 8.75. The van der Waals surface area contributed by atoms with Gasteiger partial charge < -0.3 is 10.1 Å². The second kappa shape index (κ2) is 6.37. The van der Waals surface area contributed by atoms with Gasteiger partial charge in [0.25, 0.3) is 0 Å². The van der Waals surface area contributed by atoms with Crippen LogP contribution in [0.4, 0.5) is 5.69 Å². The highest BCUT2D eigenvalue weighted by Gasteiger charge is 2.01. The van der Waals surface area contributed by atoms with Crippen molar-refractivity contribution in [2.75, 3.05) is 18.5 Å². The molecular weight excluding hydrogens is 224 g/mol. The van der Waals surface area contributed by atoms with Crippen LogP contribution < -0.4 is 5.32 Å². The molecule has 0 atom stereocenters. The van der Waals surface area contributed by atoms with Gasteiger partial charge in [-0.3, -0.25) is 0 Å². The molecule has 0 fully saturated rings. The summed E-state index contributed by atoms with van der Waals surface area (Å²) in [7, 11) is 0. The molecule has 0 unspecified atom stereocenters. The van der Waals surface area contributed by atoms with Gasteiger partial charge in [-0.1, -0.05) is 11.6 Å². The van der Waals surface area contributed by atoms with Crippen LogP contribution in [0.25, 0.3) is 0 Å². The van der Waals surface area contributed by atoms with Crippen LogP contribution in [0.3, 0.4) is 0 Å². The molecule has 0 radical (unpaired) electrons. The van der Waals surface area contributed by atoms with Gasteiger partial charge in [-0.2, -0.15) is 5.26 Å². The Balaban J connectivity index is 2.50. The zero-order chi connectivity index (χ0) is 12.0. The van der Waals surface area contributed by atoms with Gasteiger partial charge in [-0.25, -0.2) is 0 Å². The highest BCUT2D eigenvalue weighted by atomic mass is 35.5. The van der Waals surface area contributed by atoms with Crippen molar-refractivity contribution >= 4 is 17.3 Å². The largest absolute Gasteiger partial charge is 0.381 e. The Bertz CT molecular complexity index is 385. The highest BCUT2D eigenvalue weighted by molar-refractivity contribution is 6.33. The maximum Gasteiger partial charge on any atom is 0.0992 e. The molecule has 1 aromatic carbocycles. The minimum absolute atomic E-state index is 0.225. The number of hydrogen-bond donors (Lipinski definition) is 1. The monoisotopic (exact) mass is 238 g/mol. The normalized spacial score (nSPS) is 10.2. The van der Waals surface area contributed by atoms with Gasteiger partial charge >= 0.3 is 0 Å². The molecule has 1 N–H and O–H groups in total. The first-order chi connectivity index (χ1) is 7.63. The molecule has 0 aliphatic carbocycles. The molecule has 0 bridgehead atoms. The fourth-order valence-electron chi connectivity index (χ4n) is 1.21. The van der Waals surface area contributed by atoms with Crippen LogP contribution in [-0.4, -0.2) is 19.3 Å². The van der Waals surface area contributed by atoms with Crippen molar-refractivity contribution in [2.24, 2.45) is 0 Å². The number of ether oxygens (including phenoxy) is 1.